The summed E-state index contributed by atoms with van der Waals surface area (Å²) in [7, 11) is 3.37. The number of nitrogens with zero attached hydrogens (tertiary/aromatic N) is 2. The molecule has 3 fully saturated rings. The highest BCUT2D eigenvalue weighted by molar-refractivity contribution is 6.37. The second kappa shape index (κ2) is 10.2. The van der Waals surface area contributed by atoms with Crippen LogP contribution in [0.4, 0.5) is 4.79 Å². The molecule has 1 spiro atoms. The summed E-state index contributed by atoms with van der Waals surface area (Å²) in [6, 6.07) is -2.68. The molecule has 2 aliphatic carbocycles. The lowest BCUT2D eigenvalue weighted by molar-refractivity contribution is -0.148. The van der Waals surface area contributed by atoms with E-state index in [0.717, 1.165) is 32.1 Å². The summed E-state index contributed by atoms with van der Waals surface area (Å²) in [6.07, 6.45) is 4.23. The summed E-state index contributed by atoms with van der Waals surface area (Å²) in [5.41, 5.74) is 3.23. The van der Waals surface area contributed by atoms with Gasteiger partial charge in [-0.25, -0.2) is 4.79 Å². The quantitative estimate of drug-likeness (QED) is 0.342. The number of carbonyl (C=O) groups excluding carboxylic acids is 5. The summed E-state index contributed by atoms with van der Waals surface area (Å²) in [4.78, 5) is 67.2. The van der Waals surface area contributed by atoms with Gasteiger partial charge in [-0.3, -0.25) is 19.2 Å². The summed E-state index contributed by atoms with van der Waals surface area (Å²) < 4.78 is 5.80. The van der Waals surface area contributed by atoms with Crippen molar-refractivity contribution in [3.8, 4) is 0 Å². The normalized spacial score (nSPS) is 25.1. The highest BCUT2D eigenvalue weighted by Crippen LogP contribution is 2.55. The number of carbonyl (C=O) groups is 5. The zero-order valence-electron chi connectivity index (χ0n) is 23.2. The second-order valence-electron chi connectivity index (χ2n) is 12.2. The Hall–Kier alpha value is -2.69. The Morgan fingerprint density at radius 2 is 1.81 bits per heavy atom. The van der Waals surface area contributed by atoms with Crippen LogP contribution in [0.15, 0.2) is 0 Å². The van der Waals surface area contributed by atoms with Gasteiger partial charge in [-0.05, 0) is 51.5 Å². The summed E-state index contributed by atoms with van der Waals surface area (Å²) >= 11 is 0. The molecule has 0 radical (unpaired) electrons. The van der Waals surface area contributed by atoms with Crippen molar-refractivity contribution < 1.29 is 28.7 Å². The molecule has 4 N–H and O–H groups in total. The Kier molecular flexibility index (Phi) is 7.98. The Morgan fingerprint density at radius 1 is 1.22 bits per heavy atom. The third kappa shape index (κ3) is 5.46. The monoisotopic (exact) mass is 521 g/mol. The number of cyclic esters (lactones) is 1. The fourth-order valence-electron chi connectivity index (χ4n) is 5.77. The first-order chi connectivity index (χ1) is 17.1. The van der Waals surface area contributed by atoms with E-state index >= 15 is 0 Å². The number of nitrogens with two attached hydrogens (primary N) is 1. The van der Waals surface area contributed by atoms with E-state index in [1.807, 2.05) is 20.8 Å². The molecule has 11 nitrogen and oxygen atoms in total. The number of primary amides is 1. The van der Waals surface area contributed by atoms with Gasteiger partial charge in [-0.15, -0.1) is 0 Å². The molecule has 1 heterocycles. The second-order valence-corrected chi connectivity index (χ2v) is 12.2. The molecule has 0 aromatic rings. The molecule has 208 valence electrons. The van der Waals surface area contributed by atoms with Crippen molar-refractivity contribution in [3.63, 3.8) is 0 Å². The molecule has 0 aromatic heterocycles. The first-order valence-electron chi connectivity index (χ1n) is 13.2. The Labute approximate surface area is 219 Å². The van der Waals surface area contributed by atoms with Crippen molar-refractivity contribution in [2.75, 3.05) is 20.6 Å². The van der Waals surface area contributed by atoms with Crippen molar-refractivity contribution in [1.29, 1.82) is 0 Å². The van der Waals surface area contributed by atoms with E-state index in [0.29, 0.717) is 6.42 Å². The molecular formula is C26H43N5O6. The lowest BCUT2D eigenvalue weighted by atomic mass is 9.80. The Morgan fingerprint density at radius 3 is 2.24 bits per heavy atom. The number of rotatable bonds is 11. The highest BCUT2D eigenvalue weighted by Gasteiger charge is 2.69. The molecule has 1 saturated heterocycles. The Balaban J connectivity index is 1.89. The van der Waals surface area contributed by atoms with E-state index in [1.54, 1.807) is 32.8 Å². The number of nitrogens with one attached hydrogen (secondary N) is 2. The van der Waals surface area contributed by atoms with Gasteiger partial charge < -0.3 is 30.9 Å². The minimum absolute atomic E-state index is 0.00180. The van der Waals surface area contributed by atoms with Gasteiger partial charge in [0.25, 0.3) is 5.91 Å². The molecule has 37 heavy (non-hydrogen) atoms. The molecule has 1 aliphatic heterocycles. The van der Waals surface area contributed by atoms with E-state index in [1.165, 1.54) is 4.90 Å². The molecule has 0 bridgehead atoms. The van der Waals surface area contributed by atoms with E-state index in [4.69, 9.17) is 10.5 Å². The number of likely N-dealkylation sites (N-methyl/N-ethyl adjacent to an activating group) is 2. The van der Waals surface area contributed by atoms with Crippen LogP contribution in [-0.2, 0) is 23.9 Å². The maximum Gasteiger partial charge on any atom is 0.410 e. The van der Waals surface area contributed by atoms with Crippen LogP contribution in [0, 0.1) is 11.3 Å². The van der Waals surface area contributed by atoms with Crippen LogP contribution in [0.2, 0.25) is 0 Å². The van der Waals surface area contributed by atoms with E-state index in [2.05, 4.69) is 10.6 Å². The van der Waals surface area contributed by atoms with Crippen LogP contribution in [0.25, 0.3) is 0 Å². The molecule has 11 heteroatoms. The smallest absolute Gasteiger partial charge is 0.410 e. The van der Waals surface area contributed by atoms with E-state index in [9.17, 15) is 24.0 Å². The van der Waals surface area contributed by atoms with Crippen LogP contribution in [-0.4, -0.2) is 89.3 Å². The van der Waals surface area contributed by atoms with E-state index in [-0.39, 0.29) is 18.4 Å². The van der Waals surface area contributed by atoms with Crippen molar-refractivity contribution in [3.05, 3.63) is 0 Å². The van der Waals surface area contributed by atoms with Gasteiger partial charge in [0.1, 0.15) is 6.04 Å². The lowest BCUT2D eigenvalue weighted by Crippen LogP contribution is -2.63. The minimum Gasteiger partial charge on any atom is -0.439 e. The summed E-state index contributed by atoms with van der Waals surface area (Å²) in [6.45, 7) is 9.14. The van der Waals surface area contributed by atoms with Crippen LogP contribution in [0.3, 0.4) is 0 Å². The van der Waals surface area contributed by atoms with Gasteiger partial charge in [0.05, 0.1) is 24.2 Å². The third-order valence-electron chi connectivity index (χ3n) is 8.61. The Bertz CT molecular complexity index is 954. The molecule has 4 amide bonds. The van der Waals surface area contributed by atoms with Crippen LogP contribution in [0.1, 0.15) is 73.1 Å². The number of Topliss-reactive ketones (excluding diaryl/α,β-unsaturated/α-hetero) is 1. The average molecular weight is 522 g/mol. The molecule has 2 saturated carbocycles. The SMILES string of the molecule is CN[C@H](C(=O)N(CC1(C)OC(=O)N(C)C12CC2)C(C)C(=O)NC(CC1CCC1)C(=O)C(N)=O)C(C)(C)C. The lowest BCUT2D eigenvalue weighted by Gasteiger charge is -2.42. The van der Waals surface area contributed by atoms with Crippen molar-refractivity contribution in [1.82, 2.24) is 20.4 Å². The molecule has 4 atom stereocenters. The fraction of sp³-hybridized carbons (Fsp3) is 0.808. The topological polar surface area (TPSA) is 151 Å². The largest absolute Gasteiger partial charge is 0.439 e. The number of hydrogen-bond acceptors (Lipinski definition) is 7. The van der Waals surface area contributed by atoms with Gasteiger partial charge in [-0.1, -0.05) is 40.0 Å². The first-order valence-corrected chi connectivity index (χ1v) is 13.2. The zero-order valence-corrected chi connectivity index (χ0v) is 23.2. The number of ether oxygens (including phenoxy) is 1. The predicted octanol–water partition coefficient (Wildman–Crippen LogP) is 0.940. The van der Waals surface area contributed by atoms with Crippen molar-refractivity contribution in [2.45, 2.75) is 102 Å². The predicted molar refractivity (Wildman–Crippen MR) is 136 cm³/mol. The van der Waals surface area contributed by atoms with Gasteiger partial charge in [-0.2, -0.15) is 0 Å². The molecule has 3 rings (SSSR count). The summed E-state index contributed by atoms with van der Waals surface area (Å²) in [5.74, 6) is -2.60. The molecule has 3 aliphatic rings. The minimum atomic E-state index is -1.10. The average Bonchev–Trinajstić information content (AvgIpc) is 3.56. The standard InChI is InChI=1S/C26H43N5O6/c1-15(21(34)29-17(18(32)20(27)33)13-16-9-8-10-16)31(22(35)19(28-6)24(2,3)4)14-25(5)26(11-12-26)30(7)23(36)37-25/h15-17,19,28H,8-14H2,1-7H3,(H2,27,33)(H,29,34)/t15?,17?,19-,25?/m1/s1. The number of amides is 4. The maximum absolute atomic E-state index is 13.9. The van der Waals surface area contributed by atoms with Crippen molar-refractivity contribution >= 4 is 29.6 Å². The molecular weight excluding hydrogens is 478 g/mol. The highest BCUT2D eigenvalue weighted by atomic mass is 16.6. The third-order valence-corrected chi connectivity index (χ3v) is 8.61. The van der Waals surface area contributed by atoms with Crippen LogP contribution < -0.4 is 16.4 Å². The first kappa shape index (κ1) is 28.9. The molecule has 3 unspecified atom stereocenters. The van der Waals surface area contributed by atoms with Crippen LogP contribution in [0.5, 0.6) is 0 Å². The maximum atomic E-state index is 13.9. The van der Waals surface area contributed by atoms with Gasteiger partial charge >= 0.3 is 6.09 Å². The summed E-state index contributed by atoms with van der Waals surface area (Å²) in [5, 5.41) is 5.76. The number of hydrogen-bond donors (Lipinski definition) is 3. The van der Waals surface area contributed by atoms with Crippen molar-refractivity contribution in [2.24, 2.45) is 17.1 Å². The number of ketones is 1. The van der Waals surface area contributed by atoms with Gasteiger partial charge in [0.2, 0.25) is 17.6 Å². The van der Waals surface area contributed by atoms with Crippen LogP contribution >= 0.6 is 0 Å². The van der Waals surface area contributed by atoms with Gasteiger partial charge in [0.15, 0.2) is 5.60 Å². The van der Waals surface area contributed by atoms with E-state index < -0.39 is 58.4 Å². The van der Waals surface area contributed by atoms with Gasteiger partial charge in [0, 0.05) is 7.05 Å². The molecule has 0 aromatic carbocycles. The fourth-order valence-corrected chi connectivity index (χ4v) is 5.77. The zero-order chi connectivity index (χ0) is 27.9.